The molecule has 0 N–H and O–H groups in total. The SMILES string of the molecule is CN(C)c1ccc2c(c1)[Si](C(C)(C)C)(C(C)(C)C)C1=CC(=[N+](C)C)C=CC1=N2. The number of allylic oxidation sites excluding steroid dienone is 4. The van der Waals surface area contributed by atoms with E-state index in [4.69, 9.17) is 4.99 Å². The van der Waals surface area contributed by atoms with Gasteiger partial charge in [0.15, 0.2) is 5.71 Å². The highest BCUT2D eigenvalue weighted by Gasteiger charge is 2.60. The zero-order valence-electron chi connectivity index (χ0n) is 19.3. The van der Waals surface area contributed by atoms with Gasteiger partial charge in [0.1, 0.15) is 22.2 Å². The quantitative estimate of drug-likeness (QED) is 0.379. The van der Waals surface area contributed by atoms with Gasteiger partial charge in [-0.2, -0.15) is 0 Å². The number of aliphatic imine (C=N–C) groups is 1. The summed E-state index contributed by atoms with van der Waals surface area (Å²) in [7, 11) is 6.26. The standard InChI is InChI=1S/C24H36N3Si/c1-23(2,3)28(24(4,5)6)21-15-17(26(7)8)11-13-19(21)25-20-14-12-18(27(9)10)16-22(20)28/h11-16H,1-10H3/q+1. The summed E-state index contributed by atoms with van der Waals surface area (Å²) in [5.41, 5.74) is 4.83. The van der Waals surface area contributed by atoms with Crippen LogP contribution in [-0.4, -0.2) is 52.3 Å². The third kappa shape index (κ3) is 2.93. The van der Waals surface area contributed by atoms with Gasteiger partial charge in [-0.3, -0.25) is 0 Å². The van der Waals surface area contributed by atoms with Crippen LogP contribution in [0.15, 0.2) is 46.6 Å². The summed E-state index contributed by atoms with van der Waals surface area (Å²) < 4.78 is 2.20. The Bertz CT molecular complexity index is 914. The van der Waals surface area contributed by atoms with Crippen molar-refractivity contribution >= 4 is 36.1 Å². The molecule has 1 aliphatic heterocycles. The first kappa shape index (κ1) is 20.8. The molecule has 0 spiro atoms. The fourth-order valence-electron chi connectivity index (χ4n) is 5.42. The molecule has 0 aromatic heterocycles. The smallest absolute Gasteiger partial charge is 0.199 e. The maximum absolute atomic E-state index is 5.13. The normalized spacial score (nSPS) is 18.1. The number of hydrogen-bond acceptors (Lipinski definition) is 2. The Morgan fingerprint density at radius 1 is 0.929 bits per heavy atom. The molecule has 0 unspecified atom stereocenters. The molecule has 1 aromatic rings. The number of anilines is 1. The van der Waals surface area contributed by atoms with E-state index >= 15 is 0 Å². The summed E-state index contributed by atoms with van der Waals surface area (Å²) in [6.45, 7) is 14.6. The van der Waals surface area contributed by atoms with Crippen molar-refractivity contribution in [1.82, 2.24) is 0 Å². The minimum absolute atomic E-state index is 0.139. The highest BCUT2D eigenvalue weighted by atomic mass is 28.3. The molecule has 0 atom stereocenters. The van der Waals surface area contributed by atoms with Gasteiger partial charge >= 0.3 is 0 Å². The molecule has 1 heterocycles. The summed E-state index contributed by atoms with van der Waals surface area (Å²) >= 11 is 0. The second kappa shape index (κ2) is 6.55. The topological polar surface area (TPSA) is 18.6 Å². The Balaban J connectivity index is 2.50. The lowest BCUT2D eigenvalue weighted by Gasteiger charge is -2.55. The predicted molar refractivity (Wildman–Crippen MR) is 127 cm³/mol. The molecule has 0 amide bonds. The molecule has 0 radical (unpaired) electrons. The van der Waals surface area contributed by atoms with Crippen LogP contribution < -0.4 is 10.1 Å². The first-order chi connectivity index (χ1) is 12.8. The van der Waals surface area contributed by atoms with E-state index in [1.807, 2.05) is 0 Å². The average Bonchev–Trinajstić information content (AvgIpc) is 2.56. The molecule has 3 rings (SSSR count). The van der Waals surface area contributed by atoms with Gasteiger partial charge in [-0.05, 0) is 44.7 Å². The van der Waals surface area contributed by atoms with Crippen LogP contribution in [0, 0.1) is 0 Å². The number of hydrogen-bond donors (Lipinski definition) is 0. The number of fused-ring (bicyclic) bond motifs is 2. The molecule has 3 nitrogen and oxygen atoms in total. The average molecular weight is 395 g/mol. The number of benzene rings is 1. The molecule has 0 saturated heterocycles. The highest BCUT2D eigenvalue weighted by Crippen LogP contribution is 2.57. The van der Waals surface area contributed by atoms with E-state index in [2.05, 4.69) is 116 Å². The summed E-state index contributed by atoms with van der Waals surface area (Å²) in [4.78, 5) is 7.33. The van der Waals surface area contributed by atoms with E-state index in [1.54, 1.807) is 0 Å². The van der Waals surface area contributed by atoms with Gasteiger partial charge in [-0.1, -0.05) is 41.5 Å². The lowest BCUT2D eigenvalue weighted by molar-refractivity contribution is -0.462. The summed E-state index contributed by atoms with van der Waals surface area (Å²) in [5, 5.41) is 3.23. The molecule has 28 heavy (non-hydrogen) atoms. The lowest BCUT2D eigenvalue weighted by atomic mass is 10.1. The summed E-state index contributed by atoms with van der Waals surface area (Å²) in [6.07, 6.45) is 6.85. The molecule has 0 saturated carbocycles. The Labute approximate surface area is 172 Å². The molecule has 0 fully saturated rings. The zero-order chi connectivity index (χ0) is 21.1. The molecular weight excluding hydrogens is 358 g/mol. The minimum Gasteiger partial charge on any atom is -0.378 e. The maximum atomic E-state index is 5.13. The van der Waals surface area contributed by atoms with E-state index in [9.17, 15) is 0 Å². The fourth-order valence-corrected chi connectivity index (χ4v) is 13.0. The second-order valence-electron chi connectivity index (χ2n) is 10.6. The van der Waals surface area contributed by atoms with Crippen molar-refractivity contribution in [3.05, 3.63) is 41.6 Å². The molecule has 4 heteroatoms. The van der Waals surface area contributed by atoms with Gasteiger partial charge in [0.25, 0.3) is 0 Å². The van der Waals surface area contributed by atoms with Crippen LogP contribution >= 0.6 is 0 Å². The van der Waals surface area contributed by atoms with Crippen LogP contribution in [0.5, 0.6) is 0 Å². The minimum atomic E-state index is -2.23. The van der Waals surface area contributed by atoms with Crippen molar-refractivity contribution in [2.75, 3.05) is 33.1 Å². The van der Waals surface area contributed by atoms with Gasteiger partial charge < -0.3 is 4.90 Å². The monoisotopic (exact) mass is 394 g/mol. The maximum Gasteiger partial charge on any atom is 0.199 e. The summed E-state index contributed by atoms with van der Waals surface area (Å²) in [6, 6.07) is 6.85. The molecule has 1 aromatic carbocycles. The molecule has 150 valence electrons. The van der Waals surface area contributed by atoms with E-state index < -0.39 is 8.07 Å². The predicted octanol–water partition coefficient (Wildman–Crippen LogP) is 4.84. The number of rotatable bonds is 1. The van der Waals surface area contributed by atoms with Crippen molar-refractivity contribution in [3.8, 4) is 0 Å². The second-order valence-corrected chi connectivity index (χ2v) is 16.1. The van der Waals surface area contributed by atoms with Gasteiger partial charge in [-0.25, -0.2) is 9.57 Å². The fraction of sp³-hybridized carbons (Fsp3) is 0.500. The Hall–Kier alpha value is -1.94. The Morgan fingerprint density at radius 3 is 2.04 bits per heavy atom. The van der Waals surface area contributed by atoms with Gasteiger partial charge in [0.05, 0.1) is 11.4 Å². The van der Waals surface area contributed by atoms with Crippen LogP contribution in [-0.2, 0) is 0 Å². The molecular formula is C24H36N3Si+. The lowest BCUT2D eigenvalue weighted by Crippen LogP contribution is -2.66. The van der Waals surface area contributed by atoms with E-state index in [0.29, 0.717) is 0 Å². The third-order valence-electron chi connectivity index (χ3n) is 6.29. The molecule has 2 aliphatic rings. The third-order valence-corrected chi connectivity index (χ3v) is 13.2. The van der Waals surface area contributed by atoms with Crippen LogP contribution in [0.3, 0.4) is 0 Å². The molecule has 1 aliphatic carbocycles. The van der Waals surface area contributed by atoms with Crippen molar-refractivity contribution in [3.63, 3.8) is 0 Å². The van der Waals surface area contributed by atoms with Gasteiger partial charge in [0.2, 0.25) is 0 Å². The van der Waals surface area contributed by atoms with Crippen LogP contribution in [0.2, 0.25) is 10.1 Å². The van der Waals surface area contributed by atoms with Crippen LogP contribution in [0.25, 0.3) is 0 Å². The van der Waals surface area contributed by atoms with Crippen LogP contribution in [0.4, 0.5) is 11.4 Å². The largest absolute Gasteiger partial charge is 0.378 e. The molecule has 0 bridgehead atoms. The Morgan fingerprint density at radius 2 is 1.54 bits per heavy atom. The summed E-state index contributed by atoms with van der Waals surface area (Å²) in [5.74, 6) is 0. The first-order valence-corrected chi connectivity index (χ1v) is 12.2. The van der Waals surface area contributed by atoms with Crippen molar-refractivity contribution in [2.45, 2.75) is 51.6 Å². The highest BCUT2D eigenvalue weighted by molar-refractivity contribution is 7.06. The number of nitrogens with zero attached hydrogens (tertiary/aromatic N) is 3. The van der Waals surface area contributed by atoms with Crippen LogP contribution in [0.1, 0.15) is 41.5 Å². The van der Waals surface area contributed by atoms with Gasteiger partial charge in [0, 0.05) is 31.9 Å². The van der Waals surface area contributed by atoms with E-state index in [-0.39, 0.29) is 10.1 Å². The van der Waals surface area contributed by atoms with Crippen molar-refractivity contribution in [1.29, 1.82) is 0 Å². The van der Waals surface area contributed by atoms with Crippen molar-refractivity contribution in [2.24, 2.45) is 4.99 Å². The zero-order valence-corrected chi connectivity index (χ0v) is 20.3. The van der Waals surface area contributed by atoms with E-state index in [1.165, 1.54) is 21.8 Å². The van der Waals surface area contributed by atoms with Crippen molar-refractivity contribution < 1.29 is 4.58 Å². The first-order valence-electron chi connectivity index (χ1n) is 10.2. The Kier molecular flexibility index (Phi) is 4.86. The van der Waals surface area contributed by atoms with Gasteiger partial charge in [-0.15, -0.1) is 0 Å². The van der Waals surface area contributed by atoms with E-state index in [0.717, 1.165) is 11.4 Å².